The lowest BCUT2D eigenvalue weighted by molar-refractivity contribution is -0.143. The fraction of sp³-hybridized carbons (Fsp3) is 0.909. The third kappa shape index (κ3) is 3.47. The average Bonchev–Trinajstić information content (AvgIpc) is 2.28. The van der Waals surface area contributed by atoms with E-state index >= 15 is 0 Å². The molecule has 0 aromatic carbocycles. The predicted octanol–water partition coefficient (Wildman–Crippen LogP) is 1.10. The lowest BCUT2D eigenvalue weighted by Gasteiger charge is -2.32. The van der Waals surface area contributed by atoms with Crippen LogP contribution in [0.3, 0.4) is 0 Å². The number of carbonyl (C=O) groups is 1. The first-order valence-electron chi connectivity index (χ1n) is 5.55. The van der Waals surface area contributed by atoms with Gasteiger partial charge in [0.15, 0.2) is 0 Å². The summed E-state index contributed by atoms with van der Waals surface area (Å²) in [4.78, 5) is 11.3. The van der Waals surface area contributed by atoms with Crippen LogP contribution in [0.4, 0.5) is 0 Å². The monoisotopic (exact) mass is 215 g/mol. The summed E-state index contributed by atoms with van der Waals surface area (Å²) >= 11 is 0. The highest BCUT2D eigenvalue weighted by Gasteiger charge is 2.27. The predicted molar refractivity (Wildman–Crippen MR) is 57.7 cm³/mol. The normalized spacial score (nSPS) is 28.5. The molecular weight excluding hydrogens is 194 g/mol. The minimum atomic E-state index is -0.254. The number of rotatable bonds is 4. The quantitative estimate of drug-likeness (QED) is 0.713. The van der Waals surface area contributed by atoms with E-state index in [0.717, 1.165) is 12.8 Å². The Morgan fingerprint density at radius 1 is 1.33 bits per heavy atom. The van der Waals surface area contributed by atoms with Crippen LogP contribution in [0.5, 0.6) is 0 Å². The molecule has 0 heterocycles. The van der Waals surface area contributed by atoms with E-state index in [9.17, 15) is 4.79 Å². The van der Waals surface area contributed by atoms with Crippen LogP contribution in [0.1, 0.15) is 32.6 Å². The molecule has 4 heteroatoms. The second-order valence-electron chi connectivity index (χ2n) is 4.08. The van der Waals surface area contributed by atoms with Crippen LogP contribution >= 0.6 is 0 Å². The van der Waals surface area contributed by atoms with Crippen molar-refractivity contribution in [3.63, 3.8) is 0 Å². The molecule has 2 unspecified atom stereocenters. The molecule has 0 spiro atoms. The summed E-state index contributed by atoms with van der Waals surface area (Å²) in [5, 5.41) is 3.27. The second-order valence-corrected chi connectivity index (χ2v) is 4.08. The van der Waals surface area contributed by atoms with Crippen LogP contribution in [0, 0.1) is 0 Å². The largest absolute Gasteiger partial charge is 0.468 e. The summed E-state index contributed by atoms with van der Waals surface area (Å²) in [6, 6.07) is 0.0219. The molecule has 1 saturated carbocycles. The van der Waals surface area contributed by atoms with Crippen molar-refractivity contribution in [1.29, 1.82) is 0 Å². The number of methoxy groups -OCH3 is 2. The zero-order valence-corrected chi connectivity index (χ0v) is 9.79. The van der Waals surface area contributed by atoms with Crippen molar-refractivity contribution < 1.29 is 14.3 Å². The Balaban J connectivity index is 2.43. The molecule has 0 radical (unpaired) electrons. The van der Waals surface area contributed by atoms with Gasteiger partial charge in [-0.2, -0.15) is 0 Å². The summed E-state index contributed by atoms with van der Waals surface area (Å²) in [7, 11) is 3.14. The van der Waals surface area contributed by atoms with Gasteiger partial charge in [-0.25, -0.2) is 0 Å². The molecule has 1 N–H and O–H groups in total. The van der Waals surface area contributed by atoms with E-state index in [1.165, 1.54) is 20.0 Å². The zero-order valence-electron chi connectivity index (χ0n) is 9.79. The number of esters is 1. The maximum absolute atomic E-state index is 11.3. The third-order valence-electron chi connectivity index (χ3n) is 3.02. The Kier molecular flexibility index (Phi) is 5.05. The van der Waals surface area contributed by atoms with E-state index in [4.69, 9.17) is 4.74 Å². The molecule has 0 amide bonds. The standard InChI is InChI=1S/C11H21NO3/c1-8(11(13)15-3)12-9-6-4-5-7-10(9)14-2/h8-10,12H,4-7H2,1-3H3/t8-,9?,10?/m0/s1. The Hall–Kier alpha value is -0.610. The van der Waals surface area contributed by atoms with Crippen LogP contribution < -0.4 is 5.32 Å². The van der Waals surface area contributed by atoms with Crippen LogP contribution in [0.25, 0.3) is 0 Å². The first kappa shape index (κ1) is 12.5. The highest BCUT2D eigenvalue weighted by molar-refractivity contribution is 5.75. The fourth-order valence-electron chi connectivity index (χ4n) is 2.14. The molecular formula is C11H21NO3. The number of hydrogen-bond donors (Lipinski definition) is 1. The smallest absolute Gasteiger partial charge is 0.322 e. The van der Waals surface area contributed by atoms with E-state index in [1.54, 1.807) is 7.11 Å². The topological polar surface area (TPSA) is 47.6 Å². The Bertz CT molecular complexity index is 208. The highest BCUT2D eigenvalue weighted by Crippen LogP contribution is 2.21. The summed E-state index contributed by atoms with van der Waals surface area (Å²) in [5.41, 5.74) is 0. The van der Waals surface area contributed by atoms with Gasteiger partial charge >= 0.3 is 5.97 Å². The Morgan fingerprint density at radius 3 is 2.60 bits per heavy atom. The van der Waals surface area contributed by atoms with Gasteiger partial charge in [0.2, 0.25) is 0 Å². The molecule has 1 aliphatic carbocycles. The van der Waals surface area contributed by atoms with Crippen molar-refractivity contribution >= 4 is 5.97 Å². The molecule has 15 heavy (non-hydrogen) atoms. The van der Waals surface area contributed by atoms with E-state index in [-0.39, 0.29) is 24.2 Å². The SMILES string of the molecule is COC(=O)[C@H](C)NC1CCCCC1OC. The molecule has 0 aromatic heterocycles. The van der Waals surface area contributed by atoms with Gasteiger partial charge in [0.1, 0.15) is 6.04 Å². The third-order valence-corrected chi connectivity index (χ3v) is 3.02. The molecule has 0 bridgehead atoms. The average molecular weight is 215 g/mol. The molecule has 0 aromatic rings. The molecule has 0 aliphatic heterocycles. The van der Waals surface area contributed by atoms with Crippen LogP contribution in [0.15, 0.2) is 0 Å². The number of nitrogens with one attached hydrogen (secondary N) is 1. The van der Waals surface area contributed by atoms with Crippen molar-refractivity contribution in [2.24, 2.45) is 0 Å². The van der Waals surface area contributed by atoms with Gasteiger partial charge in [0, 0.05) is 13.2 Å². The number of hydrogen-bond acceptors (Lipinski definition) is 4. The van der Waals surface area contributed by atoms with Crippen LogP contribution in [-0.4, -0.2) is 38.4 Å². The van der Waals surface area contributed by atoms with Gasteiger partial charge < -0.3 is 9.47 Å². The summed E-state index contributed by atoms with van der Waals surface area (Å²) in [6.45, 7) is 1.83. The van der Waals surface area contributed by atoms with Crippen molar-refractivity contribution in [3.05, 3.63) is 0 Å². The van der Waals surface area contributed by atoms with Crippen molar-refractivity contribution in [2.75, 3.05) is 14.2 Å². The van der Waals surface area contributed by atoms with Gasteiger partial charge in [0.05, 0.1) is 13.2 Å². The lowest BCUT2D eigenvalue weighted by atomic mass is 9.92. The van der Waals surface area contributed by atoms with Gasteiger partial charge in [-0.3, -0.25) is 10.1 Å². The van der Waals surface area contributed by atoms with E-state index in [2.05, 4.69) is 10.1 Å². The van der Waals surface area contributed by atoms with E-state index in [0.29, 0.717) is 0 Å². The Morgan fingerprint density at radius 2 is 2.00 bits per heavy atom. The second kappa shape index (κ2) is 6.08. The molecule has 88 valence electrons. The molecule has 0 saturated heterocycles. The first-order chi connectivity index (χ1) is 7.19. The summed E-state index contributed by atoms with van der Waals surface area (Å²) in [6.07, 6.45) is 4.78. The molecule has 1 rings (SSSR count). The number of carbonyl (C=O) groups excluding carboxylic acids is 1. The van der Waals surface area contributed by atoms with Gasteiger partial charge in [0.25, 0.3) is 0 Å². The van der Waals surface area contributed by atoms with Gasteiger partial charge in [-0.05, 0) is 19.8 Å². The maximum atomic E-state index is 11.3. The van der Waals surface area contributed by atoms with Crippen LogP contribution in [0.2, 0.25) is 0 Å². The summed E-state index contributed by atoms with van der Waals surface area (Å²) in [5.74, 6) is -0.213. The van der Waals surface area contributed by atoms with Gasteiger partial charge in [-0.15, -0.1) is 0 Å². The lowest BCUT2D eigenvalue weighted by Crippen LogP contribution is -2.49. The maximum Gasteiger partial charge on any atom is 0.322 e. The summed E-state index contributed by atoms with van der Waals surface area (Å²) < 4.78 is 10.1. The highest BCUT2D eigenvalue weighted by atomic mass is 16.5. The fourth-order valence-corrected chi connectivity index (χ4v) is 2.14. The Labute approximate surface area is 91.3 Å². The molecule has 1 fully saturated rings. The van der Waals surface area contributed by atoms with Crippen molar-refractivity contribution in [1.82, 2.24) is 5.32 Å². The molecule has 3 atom stereocenters. The van der Waals surface area contributed by atoms with Crippen molar-refractivity contribution in [3.8, 4) is 0 Å². The number of ether oxygens (including phenoxy) is 2. The minimum absolute atomic E-state index is 0.213. The van der Waals surface area contributed by atoms with E-state index < -0.39 is 0 Å². The zero-order chi connectivity index (χ0) is 11.3. The molecule has 4 nitrogen and oxygen atoms in total. The van der Waals surface area contributed by atoms with E-state index in [1.807, 2.05) is 6.92 Å². The molecule has 1 aliphatic rings. The van der Waals surface area contributed by atoms with Crippen molar-refractivity contribution in [2.45, 2.75) is 50.8 Å². The first-order valence-corrected chi connectivity index (χ1v) is 5.55. The van der Waals surface area contributed by atoms with Gasteiger partial charge in [-0.1, -0.05) is 12.8 Å². The van der Waals surface area contributed by atoms with Crippen LogP contribution in [-0.2, 0) is 14.3 Å². The minimum Gasteiger partial charge on any atom is -0.468 e.